The second-order valence-electron chi connectivity index (χ2n) is 3.41. The van der Waals surface area contributed by atoms with Gasteiger partial charge in [-0.05, 0) is 19.1 Å². The van der Waals surface area contributed by atoms with Gasteiger partial charge in [0, 0.05) is 18.7 Å². The lowest BCUT2D eigenvalue weighted by molar-refractivity contribution is 0.598. The largest absolute Gasteiger partial charge is 0.325 e. The van der Waals surface area contributed by atoms with Crippen molar-refractivity contribution in [1.82, 2.24) is 15.0 Å². The number of aryl methyl sites for hydroxylation is 1. The van der Waals surface area contributed by atoms with Gasteiger partial charge in [-0.1, -0.05) is 17.3 Å². The molecule has 0 aliphatic carbocycles. The standard InChI is InChI=1S/C11H13FN4/c1-2-16-10(7-13)11(14-15-16)8-4-3-5-9(12)6-8/h3-6H,2,7,13H2,1H3. The number of nitrogens with two attached hydrogens (primary N) is 1. The molecule has 0 unspecified atom stereocenters. The molecule has 2 rings (SSSR count). The molecule has 0 aliphatic heterocycles. The molecule has 0 aliphatic rings. The van der Waals surface area contributed by atoms with E-state index in [0.717, 1.165) is 5.69 Å². The summed E-state index contributed by atoms with van der Waals surface area (Å²) in [7, 11) is 0. The SMILES string of the molecule is CCn1nnc(-c2cccc(F)c2)c1CN. The normalized spacial score (nSPS) is 10.7. The predicted molar refractivity (Wildman–Crippen MR) is 59.0 cm³/mol. The monoisotopic (exact) mass is 220 g/mol. The van der Waals surface area contributed by atoms with Gasteiger partial charge in [-0.3, -0.25) is 0 Å². The molecule has 5 heteroatoms. The molecule has 0 fully saturated rings. The second kappa shape index (κ2) is 4.40. The van der Waals surface area contributed by atoms with E-state index in [2.05, 4.69) is 10.3 Å². The Labute approximate surface area is 92.9 Å². The number of hydrogen-bond donors (Lipinski definition) is 1. The van der Waals surface area contributed by atoms with Crippen LogP contribution in [0, 0.1) is 5.82 Å². The third-order valence-electron chi connectivity index (χ3n) is 2.43. The Bertz CT molecular complexity index is 492. The Balaban J connectivity index is 2.51. The molecule has 84 valence electrons. The lowest BCUT2D eigenvalue weighted by Crippen LogP contribution is -2.08. The molecule has 1 aromatic heterocycles. The molecular weight excluding hydrogens is 207 g/mol. The summed E-state index contributed by atoms with van der Waals surface area (Å²) >= 11 is 0. The molecule has 1 heterocycles. The van der Waals surface area contributed by atoms with E-state index in [1.165, 1.54) is 12.1 Å². The smallest absolute Gasteiger partial charge is 0.123 e. The first-order chi connectivity index (χ1) is 7.76. The summed E-state index contributed by atoms with van der Waals surface area (Å²) in [6, 6.07) is 6.28. The van der Waals surface area contributed by atoms with Crippen LogP contribution in [0.4, 0.5) is 4.39 Å². The number of nitrogens with zero attached hydrogens (tertiary/aromatic N) is 3. The zero-order valence-corrected chi connectivity index (χ0v) is 9.02. The Morgan fingerprint density at radius 2 is 2.25 bits per heavy atom. The minimum atomic E-state index is -0.286. The molecule has 2 N–H and O–H groups in total. The fraction of sp³-hybridized carbons (Fsp3) is 0.273. The number of benzene rings is 1. The average molecular weight is 220 g/mol. The lowest BCUT2D eigenvalue weighted by Gasteiger charge is -2.03. The molecule has 0 saturated carbocycles. The van der Waals surface area contributed by atoms with E-state index in [9.17, 15) is 4.39 Å². The first-order valence-electron chi connectivity index (χ1n) is 5.14. The zero-order valence-electron chi connectivity index (χ0n) is 9.02. The predicted octanol–water partition coefficient (Wildman–Crippen LogP) is 1.56. The van der Waals surface area contributed by atoms with Crippen LogP contribution in [0.5, 0.6) is 0 Å². The van der Waals surface area contributed by atoms with Crippen molar-refractivity contribution in [2.24, 2.45) is 5.73 Å². The third-order valence-corrected chi connectivity index (χ3v) is 2.43. The molecule has 0 radical (unpaired) electrons. The zero-order chi connectivity index (χ0) is 11.5. The van der Waals surface area contributed by atoms with E-state index in [1.807, 2.05) is 6.92 Å². The highest BCUT2D eigenvalue weighted by Crippen LogP contribution is 2.21. The second-order valence-corrected chi connectivity index (χ2v) is 3.41. The maximum absolute atomic E-state index is 13.1. The Morgan fingerprint density at radius 1 is 1.44 bits per heavy atom. The minimum absolute atomic E-state index is 0.286. The van der Waals surface area contributed by atoms with Gasteiger partial charge in [-0.25, -0.2) is 9.07 Å². The van der Waals surface area contributed by atoms with E-state index >= 15 is 0 Å². The van der Waals surface area contributed by atoms with Crippen molar-refractivity contribution in [3.05, 3.63) is 35.8 Å². The van der Waals surface area contributed by atoms with Gasteiger partial charge in [0.25, 0.3) is 0 Å². The van der Waals surface area contributed by atoms with Crippen LogP contribution < -0.4 is 5.73 Å². The highest BCUT2D eigenvalue weighted by atomic mass is 19.1. The van der Waals surface area contributed by atoms with Crippen molar-refractivity contribution >= 4 is 0 Å². The van der Waals surface area contributed by atoms with Gasteiger partial charge in [0.15, 0.2) is 0 Å². The van der Waals surface area contributed by atoms with E-state index in [4.69, 9.17) is 5.73 Å². The van der Waals surface area contributed by atoms with Crippen molar-refractivity contribution < 1.29 is 4.39 Å². The summed E-state index contributed by atoms with van der Waals surface area (Å²) < 4.78 is 14.8. The molecular formula is C11H13FN4. The minimum Gasteiger partial charge on any atom is -0.325 e. The molecule has 1 aromatic carbocycles. The van der Waals surface area contributed by atoms with Gasteiger partial charge >= 0.3 is 0 Å². The van der Waals surface area contributed by atoms with Crippen LogP contribution in [0.15, 0.2) is 24.3 Å². The summed E-state index contributed by atoms with van der Waals surface area (Å²) in [5, 5.41) is 8.01. The molecule has 0 amide bonds. The fourth-order valence-electron chi connectivity index (χ4n) is 1.65. The van der Waals surface area contributed by atoms with Crippen LogP contribution in [0.25, 0.3) is 11.3 Å². The number of rotatable bonds is 3. The maximum Gasteiger partial charge on any atom is 0.123 e. The van der Waals surface area contributed by atoms with Crippen molar-refractivity contribution in [3.63, 3.8) is 0 Å². The summed E-state index contributed by atoms with van der Waals surface area (Å²) in [5.41, 5.74) is 7.84. The number of halogens is 1. The molecule has 0 spiro atoms. The van der Waals surface area contributed by atoms with Crippen LogP contribution in [-0.2, 0) is 13.1 Å². The van der Waals surface area contributed by atoms with E-state index in [1.54, 1.807) is 16.8 Å². The summed E-state index contributed by atoms with van der Waals surface area (Å²) in [6.07, 6.45) is 0. The van der Waals surface area contributed by atoms with Gasteiger partial charge < -0.3 is 5.73 Å². The molecule has 0 atom stereocenters. The lowest BCUT2D eigenvalue weighted by atomic mass is 10.1. The van der Waals surface area contributed by atoms with Crippen LogP contribution in [-0.4, -0.2) is 15.0 Å². The van der Waals surface area contributed by atoms with Crippen molar-refractivity contribution in [3.8, 4) is 11.3 Å². The molecule has 2 aromatic rings. The van der Waals surface area contributed by atoms with Crippen LogP contribution >= 0.6 is 0 Å². The van der Waals surface area contributed by atoms with Crippen molar-refractivity contribution in [2.75, 3.05) is 0 Å². The van der Waals surface area contributed by atoms with Crippen LogP contribution in [0.3, 0.4) is 0 Å². The molecule has 0 saturated heterocycles. The van der Waals surface area contributed by atoms with Gasteiger partial charge in [-0.15, -0.1) is 5.10 Å². The Morgan fingerprint density at radius 3 is 2.88 bits per heavy atom. The highest BCUT2D eigenvalue weighted by molar-refractivity contribution is 5.61. The molecule has 4 nitrogen and oxygen atoms in total. The molecule has 16 heavy (non-hydrogen) atoms. The van der Waals surface area contributed by atoms with Gasteiger partial charge in [0.2, 0.25) is 0 Å². The quantitative estimate of drug-likeness (QED) is 0.854. The Kier molecular flexibility index (Phi) is 2.96. The van der Waals surface area contributed by atoms with Crippen molar-refractivity contribution in [1.29, 1.82) is 0 Å². The molecule has 0 bridgehead atoms. The Hall–Kier alpha value is -1.75. The third kappa shape index (κ3) is 1.81. The first kappa shape index (κ1) is 10.8. The van der Waals surface area contributed by atoms with Gasteiger partial charge in [-0.2, -0.15) is 0 Å². The van der Waals surface area contributed by atoms with Crippen LogP contribution in [0.1, 0.15) is 12.6 Å². The number of aromatic nitrogens is 3. The van der Waals surface area contributed by atoms with E-state index in [-0.39, 0.29) is 5.82 Å². The van der Waals surface area contributed by atoms with Gasteiger partial charge in [0.05, 0.1) is 5.69 Å². The van der Waals surface area contributed by atoms with Crippen LogP contribution in [0.2, 0.25) is 0 Å². The first-order valence-corrected chi connectivity index (χ1v) is 5.14. The number of hydrogen-bond acceptors (Lipinski definition) is 3. The summed E-state index contributed by atoms with van der Waals surface area (Å²) in [4.78, 5) is 0. The van der Waals surface area contributed by atoms with Crippen molar-refractivity contribution in [2.45, 2.75) is 20.0 Å². The van der Waals surface area contributed by atoms with E-state index < -0.39 is 0 Å². The van der Waals surface area contributed by atoms with Gasteiger partial charge in [0.1, 0.15) is 11.5 Å². The topological polar surface area (TPSA) is 56.7 Å². The fourth-order valence-corrected chi connectivity index (χ4v) is 1.65. The highest BCUT2D eigenvalue weighted by Gasteiger charge is 2.12. The average Bonchev–Trinajstić information content (AvgIpc) is 2.71. The maximum atomic E-state index is 13.1. The van der Waals surface area contributed by atoms with E-state index in [0.29, 0.717) is 24.3 Å². The summed E-state index contributed by atoms with van der Waals surface area (Å²) in [5.74, 6) is -0.286. The summed E-state index contributed by atoms with van der Waals surface area (Å²) in [6.45, 7) is 3.00.